The summed E-state index contributed by atoms with van der Waals surface area (Å²) in [6, 6.07) is 12.1. The van der Waals surface area contributed by atoms with E-state index in [1.165, 1.54) is 12.1 Å². The number of hydrogen-bond acceptors (Lipinski definition) is 3. The van der Waals surface area contributed by atoms with Crippen molar-refractivity contribution < 1.29 is 13.5 Å². The van der Waals surface area contributed by atoms with E-state index in [4.69, 9.17) is 4.74 Å². The number of nitrogens with one attached hydrogen (secondary N) is 2. The first-order valence-electron chi connectivity index (χ1n) is 9.33. The molecule has 1 aliphatic heterocycles. The van der Waals surface area contributed by atoms with Gasteiger partial charge in [0.1, 0.15) is 11.6 Å². The maximum atomic E-state index is 14.0. The van der Waals surface area contributed by atoms with Crippen LogP contribution < -0.4 is 15.5 Å². The van der Waals surface area contributed by atoms with Gasteiger partial charge in [0, 0.05) is 45.9 Å². The maximum Gasteiger partial charge on any atom is 0.191 e. The molecule has 29 heavy (non-hydrogen) atoms. The van der Waals surface area contributed by atoms with E-state index in [1.54, 1.807) is 14.2 Å². The lowest BCUT2D eigenvalue weighted by Gasteiger charge is -2.21. The number of guanidine groups is 1. The Labute approximate surface area is 187 Å². The van der Waals surface area contributed by atoms with E-state index >= 15 is 0 Å². The Bertz CT molecular complexity index is 817. The van der Waals surface area contributed by atoms with E-state index in [0.29, 0.717) is 37.9 Å². The van der Waals surface area contributed by atoms with Crippen LogP contribution in [-0.4, -0.2) is 39.2 Å². The third-order valence-corrected chi connectivity index (χ3v) is 4.80. The van der Waals surface area contributed by atoms with Crippen molar-refractivity contribution in [2.24, 2.45) is 4.99 Å². The van der Waals surface area contributed by atoms with Crippen LogP contribution in [0.4, 0.5) is 14.5 Å². The first kappa shape index (κ1) is 23.3. The van der Waals surface area contributed by atoms with Crippen LogP contribution in [0, 0.1) is 11.6 Å². The highest BCUT2D eigenvalue weighted by Crippen LogP contribution is 2.24. The molecule has 0 radical (unpaired) electrons. The topological polar surface area (TPSA) is 48.9 Å². The number of halogens is 3. The zero-order valence-corrected chi connectivity index (χ0v) is 19.0. The lowest BCUT2D eigenvalue weighted by atomic mass is 10.1. The summed E-state index contributed by atoms with van der Waals surface area (Å²) < 4.78 is 32.2. The molecular formula is C21H27F2IN4O. The predicted octanol–water partition coefficient (Wildman–Crippen LogP) is 3.67. The smallest absolute Gasteiger partial charge is 0.191 e. The van der Waals surface area contributed by atoms with Crippen molar-refractivity contribution in [1.82, 2.24) is 10.6 Å². The maximum absolute atomic E-state index is 14.0. The lowest BCUT2D eigenvalue weighted by molar-refractivity contribution is 0.185. The van der Waals surface area contributed by atoms with E-state index < -0.39 is 11.6 Å². The highest BCUT2D eigenvalue weighted by atomic mass is 127. The molecule has 0 aliphatic carbocycles. The van der Waals surface area contributed by atoms with E-state index in [1.807, 2.05) is 17.0 Å². The van der Waals surface area contributed by atoms with Gasteiger partial charge in [-0.25, -0.2) is 8.78 Å². The first-order valence-corrected chi connectivity index (χ1v) is 9.33. The summed E-state index contributed by atoms with van der Waals surface area (Å²) in [7, 11) is 3.41. The fourth-order valence-electron chi connectivity index (χ4n) is 3.33. The lowest BCUT2D eigenvalue weighted by Crippen LogP contribution is -2.44. The van der Waals surface area contributed by atoms with Gasteiger partial charge < -0.3 is 20.3 Å². The van der Waals surface area contributed by atoms with Gasteiger partial charge in [0.25, 0.3) is 0 Å². The number of rotatable bonds is 6. The Morgan fingerprint density at radius 3 is 2.55 bits per heavy atom. The quantitative estimate of drug-likeness (QED) is 0.350. The predicted molar refractivity (Wildman–Crippen MR) is 123 cm³/mol. The zero-order chi connectivity index (χ0) is 19.9. The average molecular weight is 516 g/mol. The minimum Gasteiger partial charge on any atom is -0.380 e. The van der Waals surface area contributed by atoms with Gasteiger partial charge in [0.15, 0.2) is 5.96 Å². The van der Waals surface area contributed by atoms with E-state index in [9.17, 15) is 8.78 Å². The van der Waals surface area contributed by atoms with E-state index in [0.717, 1.165) is 23.6 Å². The Balaban J connectivity index is 0.00000300. The van der Waals surface area contributed by atoms with E-state index in [2.05, 4.69) is 27.8 Å². The van der Waals surface area contributed by atoms with Crippen LogP contribution in [0.5, 0.6) is 0 Å². The minimum atomic E-state index is -0.560. The molecular weight excluding hydrogens is 489 g/mol. The highest BCUT2D eigenvalue weighted by Gasteiger charge is 2.25. The average Bonchev–Trinajstić information content (AvgIpc) is 3.14. The van der Waals surface area contributed by atoms with Gasteiger partial charge in [-0.05, 0) is 29.7 Å². The van der Waals surface area contributed by atoms with Gasteiger partial charge in [-0.1, -0.05) is 24.3 Å². The molecule has 1 aliphatic rings. The van der Waals surface area contributed by atoms with Gasteiger partial charge in [-0.2, -0.15) is 0 Å². The molecule has 1 atom stereocenters. The molecule has 1 fully saturated rings. The molecule has 158 valence electrons. The summed E-state index contributed by atoms with van der Waals surface area (Å²) in [4.78, 5) is 6.20. The highest BCUT2D eigenvalue weighted by molar-refractivity contribution is 14.0. The molecule has 1 heterocycles. The number of anilines is 1. The molecule has 0 amide bonds. The van der Waals surface area contributed by atoms with Crippen LogP contribution in [0.25, 0.3) is 0 Å². The first-order chi connectivity index (χ1) is 13.6. The summed E-state index contributed by atoms with van der Waals surface area (Å²) >= 11 is 0. The molecule has 2 aromatic carbocycles. The molecule has 8 heteroatoms. The number of methoxy groups -OCH3 is 1. The zero-order valence-electron chi connectivity index (χ0n) is 16.6. The Morgan fingerprint density at radius 2 is 1.90 bits per heavy atom. The van der Waals surface area contributed by atoms with Crippen LogP contribution in [0.15, 0.2) is 47.5 Å². The Kier molecular flexibility index (Phi) is 9.09. The third kappa shape index (κ3) is 6.53. The molecule has 0 spiro atoms. The van der Waals surface area contributed by atoms with Crippen molar-refractivity contribution in [3.05, 3.63) is 65.2 Å². The molecule has 0 saturated carbocycles. The largest absolute Gasteiger partial charge is 0.380 e. The SMILES string of the molecule is CN=C(NCc1ccc(COC)cc1)NC1CCN(c2ccc(F)cc2F)C1.I. The standard InChI is InChI=1S/C21H26F2N4O.HI/c1-24-21(25-12-15-3-5-16(6-4-15)14-28-2)26-18-9-10-27(13-18)20-8-7-17(22)11-19(20)23;/h3-8,11,18H,9-10,12-14H2,1-2H3,(H2,24,25,26);1H. The number of benzene rings is 2. The molecule has 0 aromatic heterocycles. The molecule has 1 saturated heterocycles. The van der Waals surface area contributed by atoms with Gasteiger partial charge in [0.2, 0.25) is 0 Å². The van der Waals surface area contributed by atoms with Crippen LogP contribution in [0.2, 0.25) is 0 Å². The van der Waals surface area contributed by atoms with Crippen molar-refractivity contribution in [1.29, 1.82) is 0 Å². The normalized spacial score (nSPS) is 16.5. The van der Waals surface area contributed by atoms with Crippen molar-refractivity contribution >= 4 is 35.6 Å². The molecule has 3 rings (SSSR count). The van der Waals surface area contributed by atoms with Crippen molar-refractivity contribution in [3.63, 3.8) is 0 Å². The molecule has 0 bridgehead atoms. The monoisotopic (exact) mass is 516 g/mol. The number of hydrogen-bond donors (Lipinski definition) is 2. The third-order valence-electron chi connectivity index (χ3n) is 4.80. The Hall–Kier alpha value is -1.94. The number of nitrogens with zero attached hydrogens (tertiary/aromatic N) is 2. The number of ether oxygens (including phenoxy) is 1. The molecule has 1 unspecified atom stereocenters. The second kappa shape index (κ2) is 11.3. The summed E-state index contributed by atoms with van der Waals surface area (Å²) in [6.45, 7) is 2.59. The summed E-state index contributed by atoms with van der Waals surface area (Å²) in [5, 5.41) is 6.68. The summed E-state index contributed by atoms with van der Waals surface area (Å²) in [6.07, 6.45) is 0.850. The molecule has 2 N–H and O–H groups in total. The van der Waals surface area contributed by atoms with Gasteiger partial charge >= 0.3 is 0 Å². The van der Waals surface area contributed by atoms with Crippen molar-refractivity contribution in [2.45, 2.75) is 25.6 Å². The van der Waals surface area contributed by atoms with Crippen LogP contribution in [0.1, 0.15) is 17.5 Å². The van der Waals surface area contributed by atoms with Crippen LogP contribution >= 0.6 is 24.0 Å². The minimum absolute atomic E-state index is 0. The number of aliphatic imine (C=N–C) groups is 1. The van der Waals surface area contributed by atoms with E-state index in [-0.39, 0.29) is 30.0 Å². The molecule has 5 nitrogen and oxygen atoms in total. The van der Waals surface area contributed by atoms with Crippen molar-refractivity contribution in [2.75, 3.05) is 32.1 Å². The second-order valence-electron chi connectivity index (χ2n) is 6.85. The summed E-state index contributed by atoms with van der Waals surface area (Å²) in [5.41, 5.74) is 2.71. The Morgan fingerprint density at radius 1 is 1.17 bits per heavy atom. The molecule has 2 aromatic rings. The fourth-order valence-corrected chi connectivity index (χ4v) is 3.33. The van der Waals surface area contributed by atoms with Gasteiger partial charge in [-0.3, -0.25) is 4.99 Å². The fraction of sp³-hybridized carbons (Fsp3) is 0.381. The second-order valence-corrected chi connectivity index (χ2v) is 6.85. The van der Waals surface area contributed by atoms with Crippen molar-refractivity contribution in [3.8, 4) is 0 Å². The van der Waals surface area contributed by atoms with Gasteiger partial charge in [0.05, 0.1) is 12.3 Å². The van der Waals surface area contributed by atoms with Crippen LogP contribution in [0.3, 0.4) is 0 Å². The summed E-state index contributed by atoms with van der Waals surface area (Å²) in [5.74, 6) is -0.387. The van der Waals surface area contributed by atoms with Crippen LogP contribution in [-0.2, 0) is 17.9 Å². The van der Waals surface area contributed by atoms with Gasteiger partial charge in [-0.15, -0.1) is 24.0 Å².